The van der Waals surface area contributed by atoms with Crippen molar-refractivity contribution in [2.75, 3.05) is 11.1 Å². The molecule has 1 aliphatic rings. The third-order valence-electron chi connectivity index (χ3n) is 3.83. The second-order valence-electron chi connectivity index (χ2n) is 5.22. The minimum absolute atomic E-state index is 0.136. The molecule has 3 rings (SSSR count). The van der Waals surface area contributed by atoms with Gasteiger partial charge in [-0.05, 0) is 48.2 Å². The van der Waals surface area contributed by atoms with Gasteiger partial charge in [-0.15, -0.1) is 0 Å². The summed E-state index contributed by atoms with van der Waals surface area (Å²) >= 11 is 6.07. The van der Waals surface area contributed by atoms with Crippen LogP contribution in [-0.2, 0) is 6.42 Å². The number of halogens is 1. The maximum Gasteiger partial charge on any atom is 0.252 e. The van der Waals surface area contributed by atoms with Crippen molar-refractivity contribution in [1.82, 2.24) is 0 Å². The number of nitrogens with two attached hydrogens (primary N) is 2. The standard InChI is InChI=1S/C16H16ClN3O/c17-12-2-1-3-14(15(12)16(19)21)20-13-7-4-9-8-10(18)5-6-11(9)13/h1-3,5-6,8,13,20H,4,7,18H2,(H2,19,21). The van der Waals surface area contributed by atoms with Crippen molar-refractivity contribution in [3.8, 4) is 0 Å². The lowest BCUT2D eigenvalue weighted by Gasteiger charge is -2.18. The van der Waals surface area contributed by atoms with Gasteiger partial charge in [0.2, 0.25) is 0 Å². The number of nitrogen functional groups attached to an aromatic ring is 1. The molecular weight excluding hydrogens is 286 g/mol. The Morgan fingerprint density at radius 1 is 1.29 bits per heavy atom. The Balaban J connectivity index is 1.93. The molecule has 0 saturated carbocycles. The van der Waals surface area contributed by atoms with Crippen molar-refractivity contribution in [3.05, 3.63) is 58.1 Å². The van der Waals surface area contributed by atoms with E-state index >= 15 is 0 Å². The fourth-order valence-electron chi connectivity index (χ4n) is 2.87. The van der Waals surface area contributed by atoms with E-state index in [4.69, 9.17) is 23.1 Å². The molecule has 108 valence electrons. The smallest absolute Gasteiger partial charge is 0.252 e. The van der Waals surface area contributed by atoms with Crippen molar-refractivity contribution < 1.29 is 4.79 Å². The van der Waals surface area contributed by atoms with Crippen LogP contribution < -0.4 is 16.8 Å². The highest BCUT2D eigenvalue weighted by molar-refractivity contribution is 6.34. The summed E-state index contributed by atoms with van der Waals surface area (Å²) in [6.45, 7) is 0. The number of rotatable bonds is 3. The maximum atomic E-state index is 11.6. The van der Waals surface area contributed by atoms with Gasteiger partial charge in [0, 0.05) is 11.4 Å². The SMILES string of the molecule is NC(=O)c1c(Cl)cccc1NC1CCc2cc(N)ccc21. The third-order valence-corrected chi connectivity index (χ3v) is 4.15. The number of aryl methyl sites for hydroxylation is 1. The van der Waals surface area contributed by atoms with Crippen LogP contribution in [0.15, 0.2) is 36.4 Å². The van der Waals surface area contributed by atoms with Crippen LogP contribution in [0.2, 0.25) is 5.02 Å². The molecule has 1 aliphatic carbocycles. The first-order valence-electron chi connectivity index (χ1n) is 6.79. The molecule has 2 aromatic carbocycles. The number of hydrogen-bond donors (Lipinski definition) is 3. The van der Waals surface area contributed by atoms with Crippen LogP contribution in [0.1, 0.15) is 33.9 Å². The quantitative estimate of drug-likeness (QED) is 0.762. The van der Waals surface area contributed by atoms with Gasteiger partial charge in [-0.3, -0.25) is 4.79 Å². The summed E-state index contributed by atoms with van der Waals surface area (Å²) in [5.74, 6) is -0.529. The highest BCUT2D eigenvalue weighted by Gasteiger charge is 2.24. The molecule has 0 saturated heterocycles. The average molecular weight is 302 g/mol. The summed E-state index contributed by atoms with van der Waals surface area (Å²) in [5.41, 5.74) is 15.5. The molecule has 0 spiro atoms. The number of hydrogen-bond acceptors (Lipinski definition) is 3. The van der Waals surface area contributed by atoms with E-state index in [1.807, 2.05) is 24.3 Å². The summed E-state index contributed by atoms with van der Waals surface area (Å²) < 4.78 is 0. The lowest BCUT2D eigenvalue weighted by molar-refractivity contribution is 0.100. The molecular formula is C16H16ClN3O. The minimum Gasteiger partial charge on any atom is -0.399 e. The monoisotopic (exact) mass is 301 g/mol. The molecule has 5 heteroatoms. The van der Waals surface area contributed by atoms with Gasteiger partial charge in [-0.2, -0.15) is 0 Å². The fourth-order valence-corrected chi connectivity index (χ4v) is 3.14. The molecule has 1 unspecified atom stereocenters. The summed E-state index contributed by atoms with van der Waals surface area (Å²) in [6.07, 6.45) is 1.91. The first kappa shape index (κ1) is 13.8. The molecule has 5 N–H and O–H groups in total. The van der Waals surface area contributed by atoms with Crippen molar-refractivity contribution >= 4 is 28.9 Å². The number of primary amides is 1. The van der Waals surface area contributed by atoms with Gasteiger partial charge in [0.05, 0.1) is 16.6 Å². The van der Waals surface area contributed by atoms with Gasteiger partial charge < -0.3 is 16.8 Å². The lowest BCUT2D eigenvalue weighted by Crippen LogP contribution is -2.16. The van der Waals surface area contributed by atoms with E-state index in [9.17, 15) is 4.79 Å². The number of benzene rings is 2. The first-order chi connectivity index (χ1) is 10.1. The number of fused-ring (bicyclic) bond motifs is 1. The number of amides is 1. The minimum atomic E-state index is -0.529. The Bertz CT molecular complexity index is 715. The van der Waals surface area contributed by atoms with E-state index in [1.165, 1.54) is 11.1 Å². The number of anilines is 2. The lowest BCUT2D eigenvalue weighted by atomic mass is 10.1. The van der Waals surface area contributed by atoms with Crippen LogP contribution in [0.3, 0.4) is 0 Å². The highest BCUT2D eigenvalue weighted by atomic mass is 35.5. The number of carbonyl (C=O) groups excluding carboxylic acids is 1. The Labute approximate surface area is 128 Å². The molecule has 0 aliphatic heterocycles. The van der Waals surface area contributed by atoms with Crippen molar-refractivity contribution in [2.45, 2.75) is 18.9 Å². The largest absolute Gasteiger partial charge is 0.399 e. The molecule has 1 atom stereocenters. The van der Waals surface area contributed by atoms with Gasteiger partial charge >= 0.3 is 0 Å². The second kappa shape index (κ2) is 5.30. The summed E-state index contributed by atoms with van der Waals surface area (Å²) in [7, 11) is 0. The first-order valence-corrected chi connectivity index (χ1v) is 7.17. The molecule has 4 nitrogen and oxygen atoms in total. The zero-order valence-corrected chi connectivity index (χ0v) is 12.2. The average Bonchev–Trinajstić information content (AvgIpc) is 2.80. The summed E-state index contributed by atoms with van der Waals surface area (Å²) in [5, 5.41) is 3.75. The van der Waals surface area contributed by atoms with Crippen LogP contribution in [0, 0.1) is 0 Å². The molecule has 2 aromatic rings. The number of carbonyl (C=O) groups is 1. The summed E-state index contributed by atoms with van der Waals surface area (Å²) in [6, 6.07) is 11.4. The molecule has 0 bridgehead atoms. The van der Waals surface area contributed by atoms with Crippen molar-refractivity contribution in [2.24, 2.45) is 5.73 Å². The molecule has 1 amide bonds. The normalized spacial score (nSPS) is 16.5. The second-order valence-corrected chi connectivity index (χ2v) is 5.63. The molecule has 0 radical (unpaired) electrons. The van der Waals surface area contributed by atoms with Crippen molar-refractivity contribution in [3.63, 3.8) is 0 Å². The summed E-state index contributed by atoms with van der Waals surface area (Å²) in [4.78, 5) is 11.6. The molecule has 21 heavy (non-hydrogen) atoms. The highest BCUT2D eigenvalue weighted by Crippen LogP contribution is 2.36. The van der Waals surface area contributed by atoms with Crippen LogP contribution in [0.25, 0.3) is 0 Å². The van der Waals surface area contributed by atoms with E-state index in [1.54, 1.807) is 12.1 Å². The van der Waals surface area contributed by atoms with E-state index in [0.717, 1.165) is 18.5 Å². The maximum absolute atomic E-state index is 11.6. The van der Waals surface area contributed by atoms with Crippen LogP contribution in [0.5, 0.6) is 0 Å². The van der Waals surface area contributed by atoms with E-state index < -0.39 is 5.91 Å². The Morgan fingerprint density at radius 2 is 2.10 bits per heavy atom. The van der Waals surface area contributed by atoms with Crippen LogP contribution >= 0.6 is 11.6 Å². The van der Waals surface area contributed by atoms with Crippen molar-refractivity contribution in [1.29, 1.82) is 0 Å². The Kier molecular flexibility index (Phi) is 3.47. The van der Waals surface area contributed by atoms with Gasteiger partial charge in [0.25, 0.3) is 5.91 Å². The Morgan fingerprint density at radius 3 is 2.86 bits per heavy atom. The topological polar surface area (TPSA) is 81.1 Å². The van der Waals surface area contributed by atoms with Gasteiger partial charge in [-0.25, -0.2) is 0 Å². The number of nitrogens with one attached hydrogen (secondary N) is 1. The van der Waals surface area contributed by atoms with Crippen LogP contribution in [-0.4, -0.2) is 5.91 Å². The zero-order chi connectivity index (χ0) is 15.0. The zero-order valence-electron chi connectivity index (χ0n) is 11.4. The Hall–Kier alpha value is -2.20. The molecule has 0 heterocycles. The molecule has 0 aromatic heterocycles. The van der Waals surface area contributed by atoms with Crippen LogP contribution in [0.4, 0.5) is 11.4 Å². The predicted molar refractivity (Wildman–Crippen MR) is 85.5 cm³/mol. The van der Waals surface area contributed by atoms with Gasteiger partial charge in [-0.1, -0.05) is 23.7 Å². The van der Waals surface area contributed by atoms with Gasteiger partial charge in [0.1, 0.15) is 0 Å². The predicted octanol–water partition coefficient (Wildman–Crippen LogP) is 3.12. The van der Waals surface area contributed by atoms with Gasteiger partial charge in [0.15, 0.2) is 0 Å². The van der Waals surface area contributed by atoms with E-state index in [-0.39, 0.29) is 6.04 Å². The third kappa shape index (κ3) is 2.54. The fraction of sp³-hybridized carbons (Fsp3) is 0.188. The van der Waals surface area contributed by atoms with E-state index in [2.05, 4.69) is 5.32 Å². The molecule has 0 fully saturated rings. The van der Waals surface area contributed by atoms with E-state index in [0.29, 0.717) is 16.3 Å².